The van der Waals surface area contributed by atoms with Gasteiger partial charge < -0.3 is 16.4 Å². The summed E-state index contributed by atoms with van der Waals surface area (Å²) in [5, 5.41) is 6.34. The Morgan fingerprint density at radius 3 is 2.61 bits per heavy atom. The van der Waals surface area contributed by atoms with Crippen LogP contribution in [0.4, 0.5) is 0 Å². The molecular weight excluding hydrogens is 306 g/mol. The van der Waals surface area contributed by atoms with Gasteiger partial charge in [0.2, 0.25) is 5.91 Å². The summed E-state index contributed by atoms with van der Waals surface area (Å²) >= 11 is 4.18. The van der Waals surface area contributed by atoms with Crippen molar-refractivity contribution in [1.82, 2.24) is 10.6 Å². The van der Waals surface area contributed by atoms with Gasteiger partial charge in [0.05, 0.1) is 6.04 Å². The first kappa shape index (κ1) is 20.0. The summed E-state index contributed by atoms with van der Waals surface area (Å²) in [6, 6.07) is 10.1. The van der Waals surface area contributed by atoms with Crippen molar-refractivity contribution in [3.05, 3.63) is 35.9 Å². The molecule has 0 aliphatic carbocycles. The standard InChI is InChI=1S/C18H31N3OS/c1-3-14(2)17(21-12-16(19)13-23)18(22)20-11-7-10-15-8-5-4-6-9-15/h4-6,8-9,14,16-17,21,23H,3,7,10-13,19H2,1-2H3,(H,20,22)/t14-,16+,17-/m0/s1. The zero-order chi connectivity index (χ0) is 17.1. The van der Waals surface area contributed by atoms with Crippen LogP contribution in [0.5, 0.6) is 0 Å². The minimum atomic E-state index is -0.192. The highest BCUT2D eigenvalue weighted by Crippen LogP contribution is 2.08. The lowest BCUT2D eigenvalue weighted by molar-refractivity contribution is -0.124. The van der Waals surface area contributed by atoms with E-state index < -0.39 is 0 Å². The maximum atomic E-state index is 12.4. The van der Waals surface area contributed by atoms with Crippen molar-refractivity contribution < 1.29 is 4.79 Å². The molecule has 1 aromatic rings. The van der Waals surface area contributed by atoms with Crippen molar-refractivity contribution >= 4 is 18.5 Å². The van der Waals surface area contributed by atoms with E-state index >= 15 is 0 Å². The molecule has 4 N–H and O–H groups in total. The summed E-state index contributed by atoms with van der Waals surface area (Å²) < 4.78 is 0. The van der Waals surface area contributed by atoms with E-state index in [0.29, 0.717) is 18.8 Å². The van der Waals surface area contributed by atoms with Crippen molar-refractivity contribution in [2.24, 2.45) is 11.7 Å². The van der Waals surface area contributed by atoms with E-state index in [1.807, 2.05) is 18.2 Å². The third-order valence-corrected chi connectivity index (χ3v) is 4.58. The molecule has 0 aromatic heterocycles. The molecular formula is C18H31N3OS. The lowest BCUT2D eigenvalue weighted by Gasteiger charge is -2.25. The Morgan fingerprint density at radius 1 is 1.30 bits per heavy atom. The zero-order valence-corrected chi connectivity index (χ0v) is 15.2. The number of rotatable bonds is 11. The normalized spacial score (nSPS) is 15.0. The molecule has 4 nitrogen and oxygen atoms in total. The topological polar surface area (TPSA) is 67.1 Å². The molecule has 1 aromatic carbocycles. The molecule has 130 valence electrons. The predicted octanol–water partition coefficient (Wildman–Crippen LogP) is 2.00. The van der Waals surface area contributed by atoms with Crippen LogP contribution < -0.4 is 16.4 Å². The van der Waals surface area contributed by atoms with Crippen LogP contribution in [0.1, 0.15) is 32.3 Å². The zero-order valence-electron chi connectivity index (χ0n) is 14.3. The van der Waals surface area contributed by atoms with E-state index in [1.54, 1.807) is 0 Å². The number of benzene rings is 1. The number of thiol groups is 1. The highest BCUT2D eigenvalue weighted by atomic mass is 32.1. The molecule has 23 heavy (non-hydrogen) atoms. The van der Waals surface area contributed by atoms with Crippen LogP contribution in [0.2, 0.25) is 0 Å². The average Bonchev–Trinajstić information content (AvgIpc) is 2.59. The van der Waals surface area contributed by atoms with E-state index in [0.717, 1.165) is 19.3 Å². The molecule has 0 radical (unpaired) electrons. The van der Waals surface area contributed by atoms with Crippen LogP contribution in [0, 0.1) is 5.92 Å². The minimum absolute atomic E-state index is 0.0317. The molecule has 1 amide bonds. The summed E-state index contributed by atoms with van der Waals surface area (Å²) in [5.74, 6) is 0.953. The van der Waals surface area contributed by atoms with Gasteiger partial charge in [0.1, 0.15) is 0 Å². The minimum Gasteiger partial charge on any atom is -0.355 e. The van der Waals surface area contributed by atoms with Gasteiger partial charge in [0.25, 0.3) is 0 Å². The van der Waals surface area contributed by atoms with Gasteiger partial charge in [-0.3, -0.25) is 4.79 Å². The molecule has 3 atom stereocenters. The number of aryl methyl sites for hydroxylation is 1. The number of hydrogen-bond donors (Lipinski definition) is 4. The number of carbonyl (C=O) groups is 1. The van der Waals surface area contributed by atoms with Crippen molar-refractivity contribution in [3.63, 3.8) is 0 Å². The average molecular weight is 338 g/mol. The van der Waals surface area contributed by atoms with Crippen LogP contribution >= 0.6 is 12.6 Å². The van der Waals surface area contributed by atoms with Crippen molar-refractivity contribution in [1.29, 1.82) is 0 Å². The first-order valence-electron chi connectivity index (χ1n) is 8.49. The molecule has 0 fully saturated rings. The fraction of sp³-hybridized carbons (Fsp3) is 0.611. The molecule has 0 bridgehead atoms. The van der Waals surface area contributed by atoms with E-state index in [-0.39, 0.29) is 23.9 Å². The molecule has 5 heteroatoms. The second kappa shape index (κ2) is 11.5. The molecule has 0 aliphatic heterocycles. The Kier molecular flexibility index (Phi) is 9.99. The Labute approximate surface area is 146 Å². The lowest BCUT2D eigenvalue weighted by Crippen LogP contribution is -2.51. The maximum Gasteiger partial charge on any atom is 0.237 e. The number of carbonyl (C=O) groups excluding carboxylic acids is 1. The van der Waals surface area contributed by atoms with Gasteiger partial charge in [0.15, 0.2) is 0 Å². The van der Waals surface area contributed by atoms with Crippen molar-refractivity contribution in [2.75, 3.05) is 18.8 Å². The van der Waals surface area contributed by atoms with Crippen LogP contribution in [0.3, 0.4) is 0 Å². The Balaban J connectivity index is 2.37. The summed E-state index contributed by atoms with van der Waals surface area (Å²) in [5.41, 5.74) is 7.18. The molecule has 0 spiro atoms. The fourth-order valence-electron chi connectivity index (χ4n) is 2.39. The molecule has 0 unspecified atom stereocenters. The predicted molar refractivity (Wildman–Crippen MR) is 101 cm³/mol. The van der Waals surface area contributed by atoms with Crippen molar-refractivity contribution in [3.8, 4) is 0 Å². The SMILES string of the molecule is CC[C@H](C)[C@H](NC[C@@H](N)CS)C(=O)NCCCc1ccccc1. The third kappa shape index (κ3) is 7.86. The van der Waals surface area contributed by atoms with Crippen LogP contribution in [-0.4, -0.2) is 36.8 Å². The largest absolute Gasteiger partial charge is 0.355 e. The maximum absolute atomic E-state index is 12.4. The van der Waals surface area contributed by atoms with Crippen molar-refractivity contribution in [2.45, 2.75) is 45.2 Å². The second-order valence-corrected chi connectivity index (χ2v) is 6.46. The quantitative estimate of drug-likeness (QED) is 0.369. The van der Waals surface area contributed by atoms with Gasteiger partial charge >= 0.3 is 0 Å². The number of nitrogens with one attached hydrogen (secondary N) is 2. The summed E-state index contributed by atoms with van der Waals surface area (Å²) in [4.78, 5) is 12.4. The van der Waals surface area contributed by atoms with E-state index in [9.17, 15) is 4.79 Å². The third-order valence-electron chi connectivity index (χ3n) is 4.11. The molecule has 0 aliphatic rings. The number of amides is 1. The van der Waals surface area contributed by atoms with E-state index in [2.05, 4.69) is 49.2 Å². The van der Waals surface area contributed by atoms with Gasteiger partial charge in [-0.25, -0.2) is 0 Å². The molecule has 0 heterocycles. The lowest BCUT2D eigenvalue weighted by atomic mass is 9.98. The monoisotopic (exact) mass is 337 g/mol. The van der Waals surface area contributed by atoms with Gasteiger partial charge in [-0.15, -0.1) is 0 Å². The Morgan fingerprint density at radius 2 is 2.00 bits per heavy atom. The van der Waals surface area contributed by atoms with E-state index in [1.165, 1.54) is 5.56 Å². The smallest absolute Gasteiger partial charge is 0.237 e. The van der Waals surface area contributed by atoms with E-state index in [4.69, 9.17) is 5.73 Å². The number of hydrogen-bond acceptors (Lipinski definition) is 4. The number of nitrogens with two attached hydrogens (primary N) is 1. The summed E-state index contributed by atoms with van der Waals surface area (Å²) in [7, 11) is 0. The first-order chi connectivity index (χ1) is 11.1. The van der Waals surface area contributed by atoms with Gasteiger partial charge in [-0.1, -0.05) is 50.6 Å². The summed E-state index contributed by atoms with van der Waals surface area (Å²) in [6.45, 7) is 5.49. The molecule has 0 saturated carbocycles. The summed E-state index contributed by atoms with van der Waals surface area (Å²) in [6.07, 6.45) is 2.87. The van der Waals surface area contributed by atoms with Gasteiger partial charge in [-0.05, 0) is 24.3 Å². The second-order valence-electron chi connectivity index (χ2n) is 6.09. The highest BCUT2D eigenvalue weighted by Gasteiger charge is 2.23. The molecule has 0 saturated heterocycles. The van der Waals surface area contributed by atoms with Crippen LogP contribution in [-0.2, 0) is 11.2 Å². The Bertz CT molecular complexity index is 441. The fourth-order valence-corrected chi connectivity index (χ4v) is 2.52. The Hall–Kier alpha value is -1.04. The first-order valence-corrected chi connectivity index (χ1v) is 9.13. The highest BCUT2D eigenvalue weighted by molar-refractivity contribution is 7.80. The van der Waals surface area contributed by atoms with Crippen LogP contribution in [0.25, 0.3) is 0 Å². The van der Waals surface area contributed by atoms with Crippen LogP contribution in [0.15, 0.2) is 30.3 Å². The van der Waals surface area contributed by atoms with Gasteiger partial charge in [0, 0.05) is 24.9 Å². The van der Waals surface area contributed by atoms with Gasteiger partial charge in [-0.2, -0.15) is 12.6 Å². The molecule has 1 rings (SSSR count).